The number of carbonyl (C=O) groups is 3. The third-order valence-electron chi connectivity index (χ3n) is 6.56. The number of alkyl carbamates (subject to hydrolysis) is 1. The highest BCUT2D eigenvalue weighted by Crippen LogP contribution is 2.51. The van der Waals surface area contributed by atoms with Crippen molar-refractivity contribution in [3.8, 4) is 11.1 Å². The van der Waals surface area contributed by atoms with Gasteiger partial charge in [0.15, 0.2) is 0 Å². The molecule has 0 aromatic heterocycles. The summed E-state index contributed by atoms with van der Waals surface area (Å²) < 4.78 is 5.43. The maximum absolute atomic E-state index is 12.3. The van der Waals surface area contributed by atoms with E-state index >= 15 is 0 Å². The molecule has 2 atom stereocenters. The Labute approximate surface area is 173 Å². The van der Waals surface area contributed by atoms with Gasteiger partial charge in [0.05, 0.1) is 5.92 Å². The minimum Gasteiger partial charge on any atom is -0.481 e. The smallest absolute Gasteiger partial charge is 0.407 e. The van der Waals surface area contributed by atoms with Gasteiger partial charge in [0.2, 0.25) is 5.91 Å². The monoisotopic (exact) mass is 406 g/mol. The number of rotatable bonds is 5. The largest absolute Gasteiger partial charge is 0.481 e. The van der Waals surface area contributed by atoms with Crippen molar-refractivity contribution in [1.29, 1.82) is 0 Å². The second-order valence-electron chi connectivity index (χ2n) is 8.17. The minimum atomic E-state index is -0.783. The minimum absolute atomic E-state index is 0.0301. The SMILES string of the molecule is O=C(NCC(=O)N1CC2C(C1)C2C(=O)O)OCC1c2ccccc2-c2ccccc21. The van der Waals surface area contributed by atoms with Gasteiger partial charge in [-0.25, -0.2) is 4.79 Å². The Kier molecular flexibility index (Phi) is 4.46. The first-order chi connectivity index (χ1) is 14.5. The standard InChI is InChI=1S/C23H22N2O5/c26-20(25-10-17-18(11-25)21(17)22(27)28)9-24-23(29)30-12-19-15-7-3-1-5-13(15)14-6-2-4-8-16(14)19/h1-8,17-19,21H,9-12H2,(H,24,29)(H,27,28). The summed E-state index contributed by atoms with van der Waals surface area (Å²) in [4.78, 5) is 37.1. The van der Waals surface area contributed by atoms with E-state index in [1.54, 1.807) is 4.90 Å². The van der Waals surface area contributed by atoms with Crippen LogP contribution in [0.1, 0.15) is 17.0 Å². The molecule has 1 saturated heterocycles. The third kappa shape index (κ3) is 3.10. The molecule has 2 unspecified atom stereocenters. The summed E-state index contributed by atoms with van der Waals surface area (Å²) in [5.41, 5.74) is 4.58. The molecule has 3 aliphatic rings. The molecule has 30 heavy (non-hydrogen) atoms. The van der Waals surface area contributed by atoms with Gasteiger partial charge in [-0.3, -0.25) is 9.59 Å². The average Bonchev–Trinajstić information content (AvgIpc) is 3.11. The lowest BCUT2D eigenvalue weighted by Crippen LogP contribution is -2.41. The fraction of sp³-hybridized carbons (Fsp3) is 0.348. The average molecular weight is 406 g/mol. The van der Waals surface area contributed by atoms with Crippen molar-refractivity contribution < 1.29 is 24.2 Å². The predicted molar refractivity (Wildman–Crippen MR) is 108 cm³/mol. The zero-order valence-electron chi connectivity index (χ0n) is 16.3. The first-order valence-electron chi connectivity index (χ1n) is 10.1. The molecule has 2 N–H and O–H groups in total. The summed E-state index contributed by atoms with van der Waals surface area (Å²) in [6.07, 6.45) is -0.627. The van der Waals surface area contributed by atoms with Crippen LogP contribution in [0.3, 0.4) is 0 Å². The van der Waals surface area contributed by atoms with Gasteiger partial charge >= 0.3 is 12.1 Å². The van der Waals surface area contributed by atoms with Crippen LogP contribution in [-0.4, -0.2) is 54.2 Å². The van der Waals surface area contributed by atoms with Crippen molar-refractivity contribution in [2.75, 3.05) is 26.2 Å². The van der Waals surface area contributed by atoms with Crippen molar-refractivity contribution in [2.45, 2.75) is 5.92 Å². The number of fused-ring (bicyclic) bond motifs is 4. The summed E-state index contributed by atoms with van der Waals surface area (Å²) in [5.74, 6) is -1.22. The number of hydrogen-bond acceptors (Lipinski definition) is 4. The lowest BCUT2D eigenvalue weighted by Gasteiger charge is -2.19. The number of carbonyl (C=O) groups excluding carboxylic acids is 2. The molecule has 0 radical (unpaired) electrons. The van der Waals surface area contributed by atoms with Gasteiger partial charge in [-0.05, 0) is 34.1 Å². The Hall–Kier alpha value is -3.35. The number of nitrogens with zero attached hydrogens (tertiary/aromatic N) is 1. The molecule has 1 heterocycles. The maximum atomic E-state index is 12.3. The molecule has 7 nitrogen and oxygen atoms in total. The Balaban J connectivity index is 1.13. The van der Waals surface area contributed by atoms with Gasteiger partial charge in [-0.2, -0.15) is 0 Å². The number of hydrogen-bond donors (Lipinski definition) is 2. The van der Waals surface area contributed by atoms with Crippen LogP contribution in [-0.2, 0) is 14.3 Å². The van der Waals surface area contributed by atoms with Crippen LogP contribution in [0.2, 0.25) is 0 Å². The molecule has 1 aliphatic heterocycles. The molecule has 2 amide bonds. The Morgan fingerprint density at radius 1 is 0.967 bits per heavy atom. The van der Waals surface area contributed by atoms with Gasteiger partial charge in [-0.15, -0.1) is 0 Å². The van der Waals surface area contributed by atoms with E-state index in [0.29, 0.717) is 13.1 Å². The first-order valence-corrected chi connectivity index (χ1v) is 10.1. The lowest BCUT2D eigenvalue weighted by atomic mass is 9.98. The molecule has 154 valence electrons. The molecule has 2 aromatic carbocycles. The molecule has 2 aromatic rings. The summed E-state index contributed by atoms with van der Waals surface area (Å²) >= 11 is 0. The van der Waals surface area contributed by atoms with Crippen molar-refractivity contribution in [2.24, 2.45) is 17.8 Å². The third-order valence-corrected chi connectivity index (χ3v) is 6.56. The number of carboxylic acids is 1. The number of benzene rings is 2. The molecule has 0 bridgehead atoms. The Morgan fingerprint density at radius 2 is 1.53 bits per heavy atom. The van der Waals surface area contributed by atoms with Crippen molar-refractivity contribution in [1.82, 2.24) is 10.2 Å². The molecule has 7 heteroatoms. The second-order valence-corrected chi connectivity index (χ2v) is 8.17. The normalized spacial score (nSPS) is 23.3. The van der Waals surface area contributed by atoms with E-state index < -0.39 is 12.1 Å². The number of amides is 2. The number of aliphatic carboxylic acids is 1. The number of likely N-dealkylation sites (tertiary alicyclic amines) is 1. The highest BCUT2D eigenvalue weighted by atomic mass is 16.5. The van der Waals surface area contributed by atoms with Gasteiger partial charge in [0.25, 0.3) is 0 Å². The Bertz CT molecular complexity index is 978. The zero-order valence-corrected chi connectivity index (χ0v) is 16.3. The Morgan fingerprint density at radius 3 is 2.10 bits per heavy atom. The lowest BCUT2D eigenvalue weighted by molar-refractivity contribution is -0.140. The van der Waals surface area contributed by atoms with E-state index in [-0.39, 0.29) is 42.7 Å². The van der Waals surface area contributed by atoms with E-state index in [1.807, 2.05) is 36.4 Å². The van der Waals surface area contributed by atoms with Crippen LogP contribution in [0.5, 0.6) is 0 Å². The van der Waals surface area contributed by atoms with Gasteiger partial charge < -0.3 is 20.1 Å². The van der Waals surface area contributed by atoms with Crippen LogP contribution in [0.25, 0.3) is 11.1 Å². The molecule has 2 fully saturated rings. The summed E-state index contributed by atoms with van der Waals surface area (Å²) in [5, 5.41) is 11.6. The van der Waals surface area contributed by atoms with Crippen molar-refractivity contribution in [3.63, 3.8) is 0 Å². The summed E-state index contributed by atoms with van der Waals surface area (Å²) in [6, 6.07) is 16.2. The summed E-state index contributed by atoms with van der Waals surface area (Å²) in [7, 11) is 0. The second kappa shape index (κ2) is 7.16. The van der Waals surface area contributed by atoms with Crippen LogP contribution in [0.15, 0.2) is 48.5 Å². The first kappa shape index (κ1) is 18.7. The van der Waals surface area contributed by atoms with E-state index in [9.17, 15) is 14.4 Å². The molecule has 2 aliphatic carbocycles. The van der Waals surface area contributed by atoms with Crippen LogP contribution in [0.4, 0.5) is 4.79 Å². The highest BCUT2D eigenvalue weighted by molar-refractivity contribution is 5.84. The number of piperidine rings is 1. The molecule has 1 saturated carbocycles. The van der Waals surface area contributed by atoms with Crippen LogP contribution >= 0.6 is 0 Å². The van der Waals surface area contributed by atoms with Gasteiger partial charge in [-0.1, -0.05) is 48.5 Å². The topological polar surface area (TPSA) is 95.9 Å². The quantitative estimate of drug-likeness (QED) is 0.795. The van der Waals surface area contributed by atoms with E-state index in [4.69, 9.17) is 9.84 Å². The highest BCUT2D eigenvalue weighted by Gasteiger charge is 2.60. The van der Waals surface area contributed by atoms with E-state index in [0.717, 1.165) is 22.3 Å². The molecule has 0 spiro atoms. The predicted octanol–water partition coefficient (Wildman–Crippen LogP) is 2.31. The van der Waals surface area contributed by atoms with Crippen molar-refractivity contribution >= 4 is 18.0 Å². The fourth-order valence-corrected chi connectivity index (χ4v) is 5.01. The van der Waals surface area contributed by atoms with E-state index in [1.165, 1.54) is 0 Å². The van der Waals surface area contributed by atoms with Crippen LogP contribution < -0.4 is 5.32 Å². The van der Waals surface area contributed by atoms with Crippen LogP contribution in [0, 0.1) is 17.8 Å². The van der Waals surface area contributed by atoms with E-state index in [2.05, 4.69) is 17.4 Å². The molecular weight excluding hydrogens is 384 g/mol. The maximum Gasteiger partial charge on any atom is 0.407 e. The number of carboxylic acid groups (broad SMARTS) is 1. The summed E-state index contributed by atoms with van der Waals surface area (Å²) in [6.45, 7) is 0.954. The van der Waals surface area contributed by atoms with Crippen molar-refractivity contribution in [3.05, 3.63) is 59.7 Å². The zero-order chi connectivity index (χ0) is 20.8. The number of ether oxygens (including phenoxy) is 1. The fourth-order valence-electron chi connectivity index (χ4n) is 5.01. The van der Waals surface area contributed by atoms with Gasteiger partial charge in [0.1, 0.15) is 13.2 Å². The number of nitrogens with one attached hydrogen (secondary N) is 1. The molecular formula is C23H22N2O5. The molecule has 5 rings (SSSR count). The van der Waals surface area contributed by atoms with Gasteiger partial charge in [0, 0.05) is 19.0 Å².